The van der Waals surface area contributed by atoms with Gasteiger partial charge in [0.2, 0.25) is 9.84 Å². The van der Waals surface area contributed by atoms with Crippen molar-refractivity contribution in [2.45, 2.75) is 16.7 Å². The van der Waals surface area contributed by atoms with E-state index >= 15 is 0 Å². The van der Waals surface area contributed by atoms with E-state index in [4.69, 9.17) is 21.0 Å². The number of aromatic hydroxyl groups is 4. The molecule has 0 saturated heterocycles. The molecule has 12 heteroatoms. The number of anilines is 2. The van der Waals surface area contributed by atoms with E-state index < -0.39 is 15.3 Å². The molecule has 0 amide bonds. The Morgan fingerprint density at radius 2 is 1.22 bits per heavy atom. The van der Waals surface area contributed by atoms with Gasteiger partial charge in [-0.3, -0.25) is 4.79 Å². The minimum atomic E-state index is -3.48. The second-order valence-electron chi connectivity index (χ2n) is 8.47. The van der Waals surface area contributed by atoms with Gasteiger partial charge in [-0.15, -0.1) is 0 Å². The van der Waals surface area contributed by atoms with E-state index in [-0.39, 0.29) is 56.1 Å². The van der Waals surface area contributed by atoms with Gasteiger partial charge in [-0.1, -0.05) is 0 Å². The van der Waals surface area contributed by atoms with Crippen LogP contribution >= 0.6 is 0 Å². The fraction of sp³-hybridized carbons (Fsp3) is 0.0690. The lowest BCUT2D eigenvalue weighted by atomic mass is 10.1. The minimum absolute atomic E-state index is 0.0163. The highest BCUT2D eigenvalue weighted by atomic mass is 32.2. The van der Waals surface area contributed by atoms with Crippen LogP contribution in [0.4, 0.5) is 11.4 Å². The van der Waals surface area contributed by atoms with Crippen LogP contribution in [0.25, 0.3) is 22.3 Å². The molecule has 1 aromatic heterocycles. The van der Waals surface area contributed by atoms with Crippen LogP contribution < -0.4 is 16.9 Å². The van der Waals surface area contributed by atoms with Crippen LogP contribution in [0.3, 0.4) is 0 Å². The van der Waals surface area contributed by atoms with E-state index in [9.17, 15) is 33.6 Å². The molecule has 0 bridgehead atoms. The molecule has 0 spiro atoms. The first-order valence-electron chi connectivity index (χ1n) is 12.0. The Kier molecular flexibility index (Phi) is 9.45. The number of nitrogen functional groups attached to an aromatic ring is 2. The predicted molar refractivity (Wildman–Crippen MR) is 154 cm³/mol. The van der Waals surface area contributed by atoms with Gasteiger partial charge < -0.3 is 41.4 Å². The first-order valence-corrected chi connectivity index (χ1v) is 13.4. The molecule has 0 saturated carbocycles. The number of rotatable bonds is 3. The molecule has 0 atom stereocenters. The molecule has 9 N–H and O–H groups in total. The number of fused-ring (bicyclic) bond motifs is 1. The van der Waals surface area contributed by atoms with Gasteiger partial charge in [-0.2, -0.15) is 0 Å². The van der Waals surface area contributed by atoms with Crippen molar-refractivity contribution in [2.24, 2.45) is 0 Å². The minimum Gasteiger partial charge on any atom is -0.508 e. The van der Waals surface area contributed by atoms with E-state index in [1.807, 2.05) is 0 Å². The molecule has 1 heterocycles. The Morgan fingerprint density at radius 3 is 1.71 bits per heavy atom. The Morgan fingerprint density at radius 1 is 0.707 bits per heavy atom. The Hall–Kier alpha value is -5.20. The largest absolute Gasteiger partial charge is 0.508 e. The number of aliphatic hydroxyl groups excluding tert-OH is 1. The van der Waals surface area contributed by atoms with Crippen LogP contribution in [0.1, 0.15) is 6.92 Å². The summed E-state index contributed by atoms with van der Waals surface area (Å²) in [4.78, 5) is 12.5. The van der Waals surface area contributed by atoms with Crippen molar-refractivity contribution < 1.29 is 38.4 Å². The summed E-state index contributed by atoms with van der Waals surface area (Å²) >= 11 is 0. The molecule has 0 radical (unpaired) electrons. The summed E-state index contributed by atoms with van der Waals surface area (Å²) in [5, 5.41) is 45.4. The molecule has 0 aliphatic rings. The predicted octanol–water partition coefficient (Wildman–Crippen LogP) is 3.96. The number of phenolic OH excluding ortho intramolecular Hbond substituents is 4. The van der Waals surface area contributed by atoms with Crippen molar-refractivity contribution in [1.82, 2.24) is 0 Å². The van der Waals surface area contributed by atoms with Crippen LogP contribution in [-0.2, 0) is 9.84 Å². The number of benzene rings is 4. The summed E-state index contributed by atoms with van der Waals surface area (Å²) in [6.07, 6.45) is 0. The Balaban J connectivity index is 0.000000210. The summed E-state index contributed by atoms with van der Waals surface area (Å²) in [7, 11) is -3.48. The molecule has 5 rings (SSSR count). The quantitative estimate of drug-likeness (QED) is 0.120. The van der Waals surface area contributed by atoms with Crippen LogP contribution in [0.2, 0.25) is 0 Å². The van der Waals surface area contributed by atoms with Crippen molar-refractivity contribution in [3.63, 3.8) is 0 Å². The van der Waals surface area contributed by atoms with Gasteiger partial charge in [0, 0.05) is 41.7 Å². The van der Waals surface area contributed by atoms with E-state index in [1.54, 1.807) is 31.2 Å². The number of aliphatic hydroxyl groups is 1. The Bertz CT molecular complexity index is 1770. The molecule has 214 valence electrons. The smallest absolute Gasteiger partial charge is 0.206 e. The third kappa shape index (κ3) is 7.26. The molecule has 41 heavy (non-hydrogen) atoms. The van der Waals surface area contributed by atoms with Gasteiger partial charge in [0.25, 0.3) is 0 Å². The van der Waals surface area contributed by atoms with Gasteiger partial charge in [-0.05, 0) is 73.7 Å². The standard InChI is InChI=1S/C15H10O6.C12H12N2O2S.C2H6O/c16-8-4-11(19)15-12(20)6-13(21-14(15)5-8)7-1-2-9(17)10(18)3-7;13-9-1-5-11(6-2-9)17(15,16)12-7-3-10(14)4-8-12;1-2-3/h1-6,16-19H;1-8H,13-14H2;3H,2H2,1H3. The molecular formula is C29H28N2O9S. The fourth-order valence-electron chi connectivity index (χ4n) is 3.50. The lowest BCUT2D eigenvalue weighted by Gasteiger charge is -2.06. The topological polar surface area (TPSA) is 218 Å². The van der Waals surface area contributed by atoms with Crippen molar-refractivity contribution >= 4 is 32.2 Å². The molecule has 11 nitrogen and oxygen atoms in total. The van der Waals surface area contributed by atoms with E-state index in [0.717, 1.165) is 12.1 Å². The molecule has 5 aromatic rings. The van der Waals surface area contributed by atoms with E-state index in [1.165, 1.54) is 48.5 Å². The van der Waals surface area contributed by atoms with Crippen LogP contribution in [-0.4, -0.2) is 40.6 Å². The van der Waals surface area contributed by atoms with E-state index in [2.05, 4.69) is 0 Å². The molecule has 4 aromatic carbocycles. The number of phenols is 4. The van der Waals surface area contributed by atoms with Gasteiger partial charge in [0.05, 0.1) is 9.79 Å². The number of hydrogen-bond donors (Lipinski definition) is 7. The Labute approximate surface area is 234 Å². The zero-order valence-corrected chi connectivity index (χ0v) is 22.5. The maximum absolute atomic E-state index is 12.2. The lowest BCUT2D eigenvalue weighted by molar-refractivity contribution is 0.318. The molecule has 0 unspecified atom stereocenters. The zero-order chi connectivity index (χ0) is 30.3. The first kappa shape index (κ1) is 30.3. The summed E-state index contributed by atoms with van der Waals surface area (Å²) < 4.78 is 29.8. The molecule has 0 aliphatic heterocycles. The third-order valence-corrected chi connectivity index (χ3v) is 7.22. The van der Waals surface area contributed by atoms with Crippen molar-refractivity contribution in [1.29, 1.82) is 0 Å². The highest BCUT2D eigenvalue weighted by Gasteiger charge is 2.17. The van der Waals surface area contributed by atoms with Crippen LogP contribution in [0.15, 0.2) is 104 Å². The maximum Gasteiger partial charge on any atom is 0.206 e. The average Bonchev–Trinajstić information content (AvgIpc) is 2.91. The summed E-state index contributed by atoms with van der Waals surface area (Å²) in [6, 6.07) is 19.6. The maximum atomic E-state index is 12.2. The average molecular weight is 581 g/mol. The van der Waals surface area contributed by atoms with Gasteiger partial charge in [0.15, 0.2) is 16.9 Å². The number of hydrogen-bond acceptors (Lipinski definition) is 11. The lowest BCUT2D eigenvalue weighted by Crippen LogP contribution is -2.02. The summed E-state index contributed by atoms with van der Waals surface area (Å²) in [5.41, 5.74) is 12.0. The summed E-state index contributed by atoms with van der Waals surface area (Å²) in [6.45, 7) is 1.93. The first-order chi connectivity index (χ1) is 19.4. The van der Waals surface area contributed by atoms with Gasteiger partial charge in [0.1, 0.15) is 28.2 Å². The SMILES string of the molecule is CCO.Nc1ccc(S(=O)(=O)c2ccc(N)cc2)cc1.O=c1cc(-c2ccc(O)c(O)c2)oc2cc(O)cc(O)c12. The third-order valence-electron chi connectivity index (χ3n) is 5.44. The second kappa shape index (κ2) is 12.8. The normalized spacial score (nSPS) is 10.7. The molecule has 0 aliphatic carbocycles. The highest BCUT2D eigenvalue weighted by molar-refractivity contribution is 7.91. The zero-order valence-electron chi connectivity index (χ0n) is 21.7. The van der Waals surface area contributed by atoms with Crippen molar-refractivity contribution in [2.75, 3.05) is 18.1 Å². The van der Waals surface area contributed by atoms with Crippen molar-refractivity contribution in [3.8, 4) is 34.3 Å². The van der Waals surface area contributed by atoms with E-state index in [0.29, 0.717) is 16.9 Å². The molecular weight excluding hydrogens is 552 g/mol. The van der Waals surface area contributed by atoms with Gasteiger partial charge in [-0.25, -0.2) is 8.42 Å². The van der Waals surface area contributed by atoms with Crippen LogP contribution in [0, 0.1) is 0 Å². The second-order valence-corrected chi connectivity index (χ2v) is 10.4. The number of nitrogens with two attached hydrogens (primary N) is 2. The monoisotopic (exact) mass is 580 g/mol. The van der Waals surface area contributed by atoms with Crippen LogP contribution in [0.5, 0.6) is 23.0 Å². The highest BCUT2D eigenvalue weighted by Crippen LogP contribution is 2.33. The van der Waals surface area contributed by atoms with Crippen molar-refractivity contribution in [3.05, 3.63) is 95.2 Å². The fourth-order valence-corrected chi connectivity index (χ4v) is 4.76. The molecule has 0 fully saturated rings. The van der Waals surface area contributed by atoms with Gasteiger partial charge >= 0.3 is 0 Å². The summed E-state index contributed by atoms with van der Waals surface area (Å²) in [5.74, 6) is -1.13. The number of sulfone groups is 1.